The highest BCUT2D eigenvalue weighted by molar-refractivity contribution is 5.96. The van der Waals surface area contributed by atoms with Gasteiger partial charge in [-0.2, -0.15) is 0 Å². The summed E-state index contributed by atoms with van der Waals surface area (Å²) in [5, 5.41) is 33.8. The Labute approximate surface area is 513 Å². The van der Waals surface area contributed by atoms with Gasteiger partial charge in [0, 0.05) is 71.8 Å². The molecule has 468 valence electrons. The standard InChI is InChI=1S/C14H17NO2.C13H15NO3.C13H13NO2.C12H13NO2.2C9H17NO/c1-2-10-8-12-9-17-14(15(12)13(10)16)11-6-4-3-5-7-11;15-7-10-6-11-8-17-13(14(11)12(10)16)9-4-2-1-3-5-9;1-9-7-11-8-16-13(14(11)12(9)15)10-5-3-2-4-6-10;14-11-7-6-10-8-15-12(13(10)11)9-4-2-1-3-5-9;2*1-8(2)5-9(8)3-7(4-11)10-6-9/h3-7,10,12,14H,2,8-9H2,1H3;1-5,10-11,13,15H,6-8H2;2-6,11,13H,1,7-8H2;1-5,10,12H,6-8H2;2*7,10-11H,3-6H2,1-2H3/t10?,12?,14-;10?,11?,13-;11?,13-;10?,12-;2*7-,9?/m111100/s1. The lowest BCUT2D eigenvalue weighted by atomic mass is 9.93. The number of carbonyl (C=O) groups is 4. The number of ether oxygens (including phenoxy) is 4. The van der Waals surface area contributed by atoms with Crippen LogP contribution in [0.3, 0.4) is 0 Å². The van der Waals surface area contributed by atoms with Gasteiger partial charge in [-0.1, -0.05) is 163 Å². The predicted octanol–water partition coefficient (Wildman–Crippen LogP) is 8.36. The largest absolute Gasteiger partial charge is 0.396 e. The minimum Gasteiger partial charge on any atom is -0.396 e. The number of hydrogen-bond acceptors (Lipinski definition) is 13. The van der Waals surface area contributed by atoms with Gasteiger partial charge < -0.3 is 64.5 Å². The quantitative estimate of drug-likeness (QED) is 0.106. The number of aliphatic hydroxyl groups is 3. The van der Waals surface area contributed by atoms with Crippen molar-refractivity contribution in [2.75, 3.05) is 59.3 Å². The van der Waals surface area contributed by atoms with Crippen molar-refractivity contribution in [2.24, 2.45) is 33.5 Å². The fourth-order valence-electron chi connectivity index (χ4n) is 15.5. The number of nitrogens with zero attached hydrogens (tertiary/aromatic N) is 4. The van der Waals surface area contributed by atoms with Crippen LogP contribution >= 0.6 is 0 Å². The van der Waals surface area contributed by atoms with E-state index in [1.807, 2.05) is 136 Å². The summed E-state index contributed by atoms with van der Waals surface area (Å²) in [5.41, 5.74) is 7.05. The summed E-state index contributed by atoms with van der Waals surface area (Å²) < 4.78 is 22.8. The van der Waals surface area contributed by atoms with Crippen molar-refractivity contribution in [1.82, 2.24) is 30.2 Å². The molecule has 2 aliphatic carbocycles. The highest BCUT2D eigenvalue weighted by Gasteiger charge is 2.64. The minimum atomic E-state index is -0.273. The van der Waals surface area contributed by atoms with Crippen molar-refractivity contribution in [3.05, 3.63) is 156 Å². The number of nitrogens with one attached hydrogen (secondary N) is 2. The molecule has 4 aromatic rings. The summed E-state index contributed by atoms with van der Waals surface area (Å²) >= 11 is 0. The van der Waals surface area contributed by atoms with Crippen molar-refractivity contribution >= 4 is 23.6 Å². The zero-order chi connectivity index (χ0) is 61.3. The first-order valence-electron chi connectivity index (χ1n) is 31.9. The number of rotatable bonds is 8. The van der Waals surface area contributed by atoms with E-state index < -0.39 is 0 Å². The maximum atomic E-state index is 12.2. The second-order valence-electron chi connectivity index (χ2n) is 27.4. The van der Waals surface area contributed by atoms with E-state index >= 15 is 0 Å². The van der Waals surface area contributed by atoms with Crippen LogP contribution in [0.1, 0.15) is 146 Å². The molecule has 12 aliphatic rings. The van der Waals surface area contributed by atoms with Crippen LogP contribution in [0.5, 0.6) is 0 Å². The molecule has 4 amide bonds. The molecule has 0 aromatic heterocycles. The van der Waals surface area contributed by atoms with Crippen LogP contribution in [-0.4, -0.2) is 154 Å². The van der Waals surface area contributed by atoms with Crippen molar-refractivity contribution in [3.63, 3.8) is 0 Å². The van der Waals surface area contributed by atoms with Crippen LogP contribution in [0.25, 0.3) is 0 Å². The van der Waals surface area contributed by atoms with E-state index in [4.69, 9.17) is 34.3 Å². The van der Waals surface area contributed by atoms with Crippen molar-refractivity contribution in [2.45, 2.75) is 160 Å². The lowest BCUT2D eigenvalue weighted by Crippen LogP contribution is -2.32. The topological polar surface area (TPSA) is 203 Å². The van der Waals surface area contributed by atoms with Crippen molar-refractivity contribution < 1.29 is 53.4 Å². The number of aliphatic hydroxyl groups excluding tert-OH is 3. The molecule has 8 unspecified atom stereocenters. The Morgan fingerprint density at radius 3 is 1.24 bits per heavy atom. The molecule has 4 aromatic carbocycles. The third kappa shape index (κ3) is 12.9. The average Bonchev–Trinajstić information content (AvgIpc) is 1.58. The summed E-state index contributed by atoms with van der Waals surface area (Å²) in [6.07, 6.45) is 9.19. The Balaban J connectivity index is 0.000000109. The Kier molecular flexibility index (Phi) is 19.0. The van der Waals surface area contributed by atoms with Gasteiger partial charge in [0.15, 0.2) is 24.9 Å². The molecule has 87 heavy (non-hydrogen) atoms. The number of fused-ring (bicyclic) bond motifs is 4. The molecule has 2 saturated carbocycles. The fraction of sp³-hybridized carbons (Fsp3) is 0.571. The van der Waals surface area contributed by atoms with Crippen LogP contribution in [0.15, 0.2) is 133 Å². The predicted molar refractivity (Wildman–Crippen MR) is 328 cm³/mol. The second kappa shape index (κ2) is 26.3. The molecule has 0 radical (unpaired) electrons. The third-order valence-corrected chi connectivity index (χ3v) is 21.1. The first kappa shape index (κ1) is 62.7. The molecule has 17 heteroatoms. The summed E-state index contributed by atoms with van der Waals surface area (Å²) in [6, 6.07) is 41.2. The summed E-state index contributed by atoms with van der Waals surface area (Å²) in [4.78, 5) is 55.4. The summed E-state index contributed by atoms with van der Waals surface area (Å²) in [5.74, 6) is 0.514. The number of benzene rings is 4. The Hall–Kier alpha value is -5.86. The van der Waals surface area contributed by atoms with Gasteiger partial charge in [-0.05, 0) is 73.0 Å². The van der Waals surface area contributed by atoms with Crippen LogP contribution < -0.4 is 10.6 Å². The zero-order valence-electron chi connectivity index (χ0n) is 51.5. The number of hydrogen-bond donors (Lipinski definition) is 5. The fourth-order valence-corrected chi connectivity index (χ4v) is 15.5. The highest BCUT2D eigenvalue weighted by Crippen LogP contribution is 2.68. The van der Waals surface area contributed by atoms with Gasteiger partial charge in [-0.15, -0.1) is 0 Å². The van der Waals surface area contributed by atoms with Gasteiger partial charge in [-0.25, -0.2) is 0 Å². The Morgan fingerprint density at radius 2 is 0.874 bits per heavy atom. The van der Waals surface area contributed by atoms with Crippen LogP contribution in [0.2, 0.25) is 0 Å². The van der Waals surface area contributed by atoms with E-state index in [9.17, 15) is 19.2 Å². The third-order valence-electron chi connectivity index (χ3n) is 21.1. The number of amides is 4. The first-order chi connectivity index (χ1) is 41.9. The molecule has 10 saturated heterocycles. The molecule has 16 rings (SSSR count). The molecule has 12 fully saturated rings. The van der Waals surface area contributed by atoms with Crippen molar-refractivity contribution in [3.8, 4) is 0 Å². The van der Waals surface area contributed by atoms with Gasteiger partial charge in [0.25, 0.3) is 5.91 Å². The van der Waals surface area contributed by atoms with Gasteiger partial charge in [0.05, 0.1) is 76.3 Å². The van der Waals surface area contributed by atoms with E-state index in [0.717, 1.165) is 61.0 Å². The van der Waals surface area contributed by atoms with E-state index in [2.05, 4.69) is 51.8 Å². The second-order valence-corrected chi connectivity index (χ2v) is 27.4. The molecule has 2 spiro atoms. The normalized spacial score (nSPS) is 34.6. The van der Waals surface area contributed by atoms with Crippen LogP contribution in [0, 0.1) is 33.5 Å². The zero-order valence-corrected chi connectivity index (χ0v) is 51.5. The lowest BCUT2D eigenvalue weighted by molar-refractivity contribution is -0.138. The van der Waals surface area contributed by atoms with Gasteiger partial charge in [-0.3, -0.25) is 19.2 Å². The SMILES string of the molecule is C=C1CC2CO[C@H](c3ccccc3)N2C1=O.CC1(C)CC12CN[C@H](CO)C2.CC1(C)CC12CN[C@H](CO)C2.CCC1CC2CO[C@H](c3ccccc3)N2C1=O.O=C1C(CO)CC2CO[C@H](c3ccccc3)N12.O=C1CCC2CO[C@H](c3ccccc3)N12. The van der Waals surface area contributed by atoms with E-state index in [1.165, 1.54) is 25.7 Å². The van der Waals surface area contributed by atoms with Gasteiger partial charge in [0.2, 0.25) is 17.7 Å². The van der Waals surface area contributed by atoms with Crippen LogP contribution in [-0.2, 0) is 38.1 Å². The van der Waals surface area contributed by atoms with Gasteiger partial charge >= 0.3 is 0 Å². The minimum absolute atomic E-state index is 0.0175. The average molecular weight is 1190 g/mol. The maximum Gasteiger partial charge on any atom is 0.251 e. The molecule has 10 heterocycles. The Bertz CT molecular complexity index is 2910. The van der Waals surface area contributed by atoms with E-state index in [0.29, 0.717) is 97.8 Å². The molecule has 0 bridgehead atoms. The van der Waals surface area contributed by atoms with E-state index in [1.54, 1.807) is 4.90 Å². The molecule has 5 N–H and O–H groups in total. The molecular formula is C70H92N6O11. The first-order valence-corrected chi connectivity index (χ1v) is 31.9. The molecule has 17 nitrogen and oxygen atoms in total. The molecule has 14 atom stereocenters. The van der Waals surface area contributed by atoms with Crippen LogP contribution in [0.4, 0.5) is 0 Å². The smallest absolute Gasteiger partial charge is 0.251 e. The molecule has 10 aliphatic heterocycles. The van der Waals surface area contributed by atoms with Gasteiger partial charge in [0.1, 0.15) is 0 Å². The summed E-state index contributed by atoms with van der Waals surface area (Å²) in [7, 11) is 0. The monoisotopic (exact) mass is 1190 g/mol. The molecular weight excluding hydrogens is 1100 g/mol. The highest BCUT2D eigenvalue weighted by atomic mass is 16.5. The summed E-state index contributed by atoms with van der Waals surface area (Å²) in [6.45, 7) is 20.5. The van der Waals surface area contributed by atoms with E-state index in [-0.39, 0.29) is 85.1 Å². The maximum absolute atomic E-state index is 12.2. The number of carbonyl (C=O) groups excluding carboxylic acids is 4. The van der Waals surface area contributed by atoms with Crippen molar-refractivity contribution in [1.29, 1.82) is 0 Å². The lowest BCUT2D eigenvalue weighted by Gasteiger charge is -2.23. The Morgan fingerprint density at radius 1 is 0.506 bits per heavy atom.